The number of allylic oxidation sites excluding steroid dienone is 1. The molecule has 4 rings (SSSR count). The molecule has 3 unspecified atom stereocenters. The van der Waals surface area contributed by atoms with E-state index in [1.54, 1.807) is 18.2 Å². The van der Waals surface area contributed by atoms with E-state index >= 15 is 0 Å². The number of carbonyl (C=O) groups is 2. The standard InChI is InChI=1S/C28H39N13O3/c1-16-14-18(33-27-37-25(30-11-10-29-3)36-26(38-27)31-12-13-41(4)5)6-8-20(16)39-40-23(17(2)42)24(43)32-19-7-9-21-22(15-19)35-28(44)34-21/h6-9,14-16,20,23,29H,10-13H2,1-5H3,(H,32,43)(H2,34,35,44)(H3,30,31,33,36,37,38). The quantitative estimate of drug-likeness (QED) is 0.0751. The van der Waals surface area contributed by atoms with Gasteiger partial charge in [0.2, 0.25) is 23.9 Å². The van der Waals surface area contributed by atoms with Gasteiger partial charge in [0.05, 0.1) is 17.1 Å². The van der Waals surface area contributed by atoms with Gasteiger partial charge < -0.3 is 41.5 Å². The molecule has 1 aliphatic carbocycles. The number of likely N-dealkylation sites (N-methyl/N-ethyl adjacent to an activating group) is 2. The lowest BCUT2D eigenvalue weighted by Crippen LogP contribution is -2.32. The van der Waals surface area contributed by atoms with Gasteiger partial charge in [-0.1, -0.05) is 19.1 Å². The largest absolute Gasteiger partial charge is 0.353 e. The van der Waals surface area contributed by atoms with Gasteiger partial charge in [-0.05, 0) is 52.3 Å². The molecule has 0 saturated heterocycles. The minimum atomic E-state index is -1.32. The SMILES string of the molecule is CNCCNc1nc(NCCN(C)C)nc(NC2=CC(C)C(N=NC(C(C)=O)C(=O)Nc3ccc4[nH]c(=O)[nH]c4c3)C=C2)n1. The summed E-state index contributed by atoms with van der Waals surface area (Å²) in [6.07, 6.45) is 5.62. The van der Waals surface area contributed by atoms with Gasteiger partial charge in [0.15, 0.2) is 5.78 Å². The van der Waals surface area contributed by atoms with Gasteiger partial charge >= 0.3 is 5.69 Å². The van der Waals surface area contributed by atoms with Crippen LogP contribution >= 0.6 is 0 Å². The molecule has 2 aromatic heterocycles. The Morgan fingerprint density at radius 1 is 1.02 bits per heavy atom. The highest BCUT2D eigenvalue weighted by atomic mass is 16.2. The number of nitrogens with zero attached hydrogens (tertiary/aromatic N) is 6. The molecule has 234 valence electrons. The molecular formula is C28H39N13O3. The molecule has 0 saturated carbocycles. The van der Waals surface area contributed by atoms with Crippen LogP contribution in [0.5, 0.6) is 0 Å². The molecule has 0 spiro atoms. The van der Waals surface area contributed by atoms with Crippen molar-refractivity contribution < 1.29 is 9.59 Å². The van der Waals surface area contributed by atoms with E-state index in [0.717, 1.165) is 18.8 Å². The first-order valence-electron chi connectivity index (χ1n) is 14.2. The number of ketones is 1. The molecule has 16 heteroatoms. The van der Waals surface area contributed by atoms with Crippen LogP contribution in [0.2, 0.25) is 0 Å². The number of hydrogen-bond acceptors (Lipinski definition) is 13. The number of hydrogen-bond donors (Lipinski definition) is 7. The summed E-state index contributed by atoms with van der Waals surface area (Å²) in [5, 5.41) is 23.8. The number of carbonyl (C=O) groups excluding carboxylic acids is 2. The van der Waals surface area contributed by atoms with Gasteiger partial charge in [0.1, 0.15) is 0 Å². The van der Waals surface area contributed by atoms with E-state index in [1.807, 2.05) is 46.3 Å². The van der Waals surface area contributed by atoms with E-state index in [0.29, 0.717) is 47.7 Å². The predicted molar refractivity (Wildman–Crippen MR) is 170 cm³/mol. The molecule has 7 N–H and O–H groups in total. The third kappa shape index (κ3) is 9.02. The number of benzene rings is 1. The number of anilines is 4. The maximum absolute atomic E-state index is 12.9. The number of aromatic amines is 2. The molecule has 16 nitrogen and oxygen atoms in total. The fourth-order valence-corrected chi connectivity index (χ4v) is 4.23. The number of Topliss-reactive ketones (excluding diaryl/α,β-unsaturated/α-hetero) is 1. The van der Waals surface area contributed by atoms with E-state index in [2.05, 4.69) is 66.6 Å². The molecule has 0 bridgehead atoms. The van der Waals surface area contributed by atoms with Crippen molar-refractivity contribution in [2.24, 2.45) is 16.1 Å². The lowest BCUT2D eigenvalue weighted by atomic mass is 9.96. The molecule has 2 heterocycles. The van der Waals surface area contributed by atoms with Gasteiger partial charge in [-0.2, -0.15) is 25.2 Å². The lowest BCUT2D eigenvalue weighted by Gasteiger charge is -2.20. The Morgan fingerprint density at radius 3 is 2.41 bits per heavy atom. The molecule has 3 aromatic rings. The minimum absolute atomic E-state index is 0.109. The van der Waals surface area contributed by atoms with Gasteiger partial charge in [0.25, 0.3) is 5.91 Å². The van der Waals surface area contributed by atoms with Crippen molar-refractivity contribution in [1.29, 1.82) is 0 Å². The number of imidazole rings is 1. The molecular weight excluding hydrogens is 566 g/mol. The highest BCUT2D eigenvalue weighted by Crippen LogP contribution is 2.22. The molecule has 3 atom stereocenters. The second kappa shape index (κ2) is 15.0. The van der Waals surface area contributed by atoms with Crippen LogP contribution in [0.25, 0.3) is 11.0 Å². The van der Waals surface area contributed by atoms with Gasteiger partial charge in [0, 0.05) is 43.5 Å². The highest BCUT2D eigenvalue weighted by Gasteiger charge is 2.25. The summed E-state index contributed by atoms with van der Waals surface area (Å²) in [5.74, 6) is 0.0935. The fraction of sp³-hybridized carbons (Fsp3) is 0.429. The van der Waals surface area contributed by atoms with E-state index in [4.69, 9.17) is 0 Å². The number of amides is 1. The van der Waals surface area contributed by atoms with E-state index in [-0.39, 0.29) is 11.6 Å². The number of aromatic nitrogens is 5. The lowest BCUT2D eigenvalue weighted by molar-refractivity contribution is -0.126. The molecule has 1 aromatic carbocycles. The highest BCUT2D eigenvalue weighted by molar-refractivity contribution is 6.10. The van der Waals surface area contributed by atoms with Crippen LogP contribution in [0, 0.1) is 5.92 Å². The van der Waals surface area contributed by atoms with Crippen LogP contribution in [0.15, 0.2) is 57.1 Å². The topological polar surface area (TPSA) is 210 Å². The van der Waals surface area contributed by atoms with Crippen LogP contribution in [0.3, 0.4) is 0 Å². The predicted octanol–water partition coefficient (Wildman–Crippen LogP) is 1.56. The summed E-state index contributed by atoms with van der Waals surface area (Å²) >= 11 is 0. The monoisotopic (exact) mass is 605 g/mol. The van der Waals surface area contributed by atoms with Crippen molar-refractivity contribution in [3.63, 3.8) is 0 Å². The first-order chi connectivity index (χ1) is 21.1. The van der Waals surface area contributed by atoms with Gasteiger partial charge in [-0.15, -0.1) is 0 Å². The van der Waals surface area contributed by atoms with Crippen molar-refractivity contribution in [2.75, 3.05) is 68.6 Å². The summed E-state index contributed by atoms with van der Waals surface area (Å²) < 4.78 is 0. The van der Waals surface area contributed by atoms with Crippen LogP contribution in [0.1, 0.15) is 13.8 Å². The van der Waals surface area contributed by atoms with Crippen LogP contribution < -0.4 is 32.3 Å². The zero-order chi connectivity index (χ0) is 31.6. The maximum atomic E-state index is 12.9. The van der Waals surface area contributed by atoms with E-state index < -0.39 is 23.8 Å². The zero-order valence-corrected chi connectivity index (χ0v) is 25.4. The molecule has 0 fully saturated rings. The first kappa shape index (κ1) is 32.0. The summed E-state index contributed by atoms with van der Waals surface area (Å²) in [4.78, 5) is 57.5. The minimum Gasteiger partial charge on any atom is -0.353 e. The Kier molecular flexibility index (Phi) is 10.9. The Labute approximate surface area is 254 Å². The summed E-state index contributed by atoms with van der Waals surface area (Å²) in [5.41, 5.74) is 1.95. The maximum Gasteiger partial charge on any atom is 0.323 e. The van der Waals surface area contributed by atoms with Gasteiger partial charge in [-0.3, -0.25) is 9.59 Å². The third-order valence-corrected chi connectivity index (χ3v) is 6.58. The molecule has 0 radical (unpaired) electrons. The third-order valence-electron chi connectivity index (χ3n) is 6.58. The Bertz CT molecular complexity index is 1610. The molecule has 1 amide bonds. The number of azo groups is 1. The summed E-state index contributed by atoms with van der Waals surface area (Å²) in [7, 11) is 5.86. The van der Waals surface area contributed by atoms with E-state index in [9.17, 15) is 14.4 Å². The zero-order valence-electron chi connectivity index (χ0n) is 25.4. The molecule has 44 heavy (non-hydrogen) atoms. The van der Waals surface area contributed by atoms with Crippen molar-refractivity contribution >= 4 is 46.3 Å². The van der Waals surface area contributed by atoms with Crippen molar-refractivity contribution in [1.82, 2.24) is 35.1 Å². The summed E-state index contributed by atoms with van der Waals surface area (Å²) in [6, 6.07) is 3.16. The smallest absolute Gasteiger partial charge is 0.323 e. The average Bonchev–Trinajstić information content (AvgIpc) is 3.33. The number of nitrogens with one attached hydrogen (secondary N) is 7. The van der Waals surface area contributed by atoms with Crippen LogP contribution in [0.4, 0.5) is 23.5 Å². The Hall–Kier alpha value is -4.96. The Balaban J connectivity index is 1.40. The second-order valence-electron chi connectivity index (χ2n) is 10.6. The number of H-pyrrole nitrogens is 2. The number of fused-ring (bicyclic) bond motifs is 1. The summed E-state index contributed by atoms with van der Waals surface area (Å²) in [6.45, 7) is 6.12. The second-order valence-corrected chi connectivity index (χ2v) is 10.6. The normalized spacial score (nSPS) is 17.1. The Morgan fingerprint density at radius 2 is 1.73 bits per heavy atom. The van der Waals surface area contributed by atoms with Crippen LogP contribution in [-0.4, -0.2) is 101 Å². The first-order valence-corrected chi connectivity index (χ1v) is 14.2. The average molecular weight is 606 g/mol. The molecule has 0 aliphatic heterocycles. The van der Waals surface area contributed by atoms with E-state index in [1.165, 1.54) is 6.92 Å². The van der Waals surface area contributed by atoms with Crippen molar-refractivity contribution in [3.8, 4) is 0 Å². The van der Waals surface area contributed by atoms with Crippen LogP contribution in [-0.2, 0) is 9.59 Å². The van der Waals surface area contributed by atoms with Crippen molar-refractivity contribution in [2.45, 2.75) is 25.9 Å². The van der Waals surface area contributed by atoms with Crippen molar-refractivity contribution in [3.05, 3.63) is 52.6 Å². The van der Waals surface area contributed by atoms with Gasteiger partial charge in [-0.25, -0.2) is 4.79 Å². The molecule has 1 aliphatic rings. The number of rotatable bonds is 15. The fourth-order valence-electron chi connectivity index (χ4n) is 4.23.